The fourth-order valence-electron chi connectivity index (χ4n) is 2.73. The van der Waals surface area contributed by atoms with E-state index in [0.717, 1.165) is 11.0 Å². The van der Waals surface area contributed by atoms with Crippen LogP contribution in [0.25, 0.3) is 11.0 Å². The Kier molecular flexibility index (Phi) is 5.26. The molecule has 2 aromatic heterocycles. The number of carbonyl (C=O) groups excluding carboxylic acids is 2. The molecule has 7 heteroatoms. The predicted molar refractivity (Wildman–Crippen MR) is 96.4 cm³/mol. The molecular formula is C19H20N4O3. The summed E-state index contributed by atoms with van der Waals surface area (Å²) < 4.78 is 6.85. The quantitative estimate of drug-likeness (QED) is 0.636. The zero-order valence-electron chi connectivity index (χ0n) is 14.8. The number of imidazole rings is 1. The van der Waals surface area contributed by atoms with Gasteiger partial charge in [-0.1, -0.05) is 18.2 Å². The molecule has 0 atom stereocenters. The van der Waals surface area contributed by atoms with E-state index in [9.17, 15) is 9.59 Å². The smallest absolute Gasteiger partial charge is 0.326 e. The van der Waals surface area contributed by atoms with Gasteiger partial charge >= 0.3 is 5.97 Å². The second-order valence-electron chi connectivity index (χ2n) is 5.78. The average molecular weight is 352 g/mol. The van der Waals surface area contributed by atoms with Crippen molar-refractivity contribution in [1.29, 1.82) is 0 Å². The highest BCUT2D eigenvalue weighted by Gasteiger charge is 2.19. The van der Waals surface area contributed by atoms with E-state index in [4.69, 9.17) is 4.74 Å². The maximum atomic E-state index is 12.5. The molecule has 0 aliphatic heterocycles. The van der Waals surface area contributed by atoms with Crippen molar-refractivity contribution in [3.05, 3.63) is 60.2 Å². The van der Waals surface area contributed by atoms with Gasteiger partial charge in [0.05, 0.1) is 24.2 Å². The monoisotopic (exact) mass is 352 g/mol. The topological polar surface area (TPSA) is 77.3 Å². The van der Waals surface area contributed by atoms with Crippen LogP contribution >= 0.6 is 0 Å². The highest BCUT2D eigenvalue weighted by Crippen LogP contribution is 2.18. The van der Waals surface area contributed by atoms with E-state index in [1.165, 1.54) is 4.90 Å². The molecule has 2 heterocycles. The van der Waals surface area contributed by atoms with Gasteiger partial charge in [-0.2, -0.15) is 0 Å². The number of esters is 1. The lowest BCUT2D eigenvalue weighted by molar-refractivity contribution is -0.143. The van der Waals surface area contributed by atoms with Crippen LogP contribution in [0.1, 0.15) is 23.2 Å². The molecule has 0 aliphatic rings. The molecule has 0 radical (unpaired) electrons. The van der Waals surface area contributed by atoms with Crippen LogP contribution in [0, 0.1) is 0 Å². The van der Waals surface area contributed by atoms with E-state index in [1.54, 1.807) is 42.9 Å². The van der Waals surface area contributed by atoms with E-state index >= 15 is 0 Å². The fourth-order valence-corrected chi connectivity index (χ4v) is 2.73. The number of amides is 1. The van der Waals surface area contributed by atoms with Gasteiger partial charge < -0.3 is 14.2 Å². The number of pyridine rings is 1. The molecule has 0 saturated carbocycles. The molecule has 0 aliphatic carbocycles. The molecule has 3 aromatic rings. The number of hydrogen-bond acceptors (Lipinski definition) is 5. The zero-order valence-corrected chi connectivity index (χ0v) is 14.8. The first-order valence-corrected chi connectivity index (χ1v) is 8.36. The Morgan fingerprint density at radius 3 is 2.65 bits per heavy atom. The van der Waals surface area contributed by atoms with Crippen molar-refractivity contribution in [2.24, 2.45) is 0 Å². The maximum Gasteiger partial charge on any atom is 0.326 e. The highest BCUT2D eigenvalue weighted by atomic mass is 16.5. The highest BCUT2D eigenvalue weighted by molar-refractivity contribution is 5.92. The molecule has 3 rings (SSSR count). The third-order valence-electron chi connectivity index (χ3n) is 3.94. The minimum Gasteiger partial charge on any atom is -0.465 e. The van der Waals surface area contributed by atoms with Crippen LogP contribution in [0.3, 0.4) is 0 Å². The van der Waals surface area contributed by atoms with Crippen molar-refractivity contribution in [2.75, 3.05) is 13.7 Å². The van der Waals surface area contributed by atoms with Gasteiger partial charge in [0.15, 0.2) is 0 Å². The fraction of sp³-hybridized carbons (Fsp3) is 0.263. The molecule has 1 amide bonds. The summed E-state index contributed by atoms with van der Waals surface area (Å²) in [7, 11) is 1.69. The third kappa shape index (κ3) is 3.72. The Labute approximate surface area is 151 Å². The molecular weight excluding hydrogens is 332 g/mol. The lowest BCUT2D eigenvalue weighted by Crippen LogP contribution is -2.29. The molecule has 26 heavy (non-hydrogen) atoms. The van der Waals surface area contributed by atoms with Crippen LogP contribution in [-0.4, -0.2) is 45.0 Å². The normalized spacial score (nSPS) is 10.7. The summed E-state index contributed by atoms with van der Waals surface area (Å²) in [6.07, 6.45) is 1.58. The van der Waals surface area contributed by atoms with E-state index in [0.29, 0.717) is 18.1 Å². The average Bonchev–Trinajstić information content (AvgIpc) is 2.99. The molecule has 0 N–H and O–H groups in total. The standard InChI is InChI=1S/C19H20N4O3/c1-3-26-18(24)13-23-16-10-5-4-8-14(16)21-17(23)12-22(2)19(25)15-9-6-7-11-20-15/h4-11H,3,12-13H2,1-2H3. The Hall–Kier alpha value is -3.22. The van der Waals surface area contributed by atoms with Gasteiger partial charge in [0.2, 0.25) is 0 Å². The molecule has 0 saturated heterocycles. The molecule has 0 unspecified atom stereocenters. The number of rotatable bonds is 6. The number of nitrogens with zero attached hydrogens (tertiary/aromatic N) is 4. The third-order valence-corrected chi connectivity index (χ3v) is 3.94. The number of para-hydroxylation sites is 2. The zero-order chi connectivity index (χ0) is 18.5. The van der Waals surface area contributed by atoms with Crippen molar-refractivity contribution < 1.29 is 14.3 Å². The van der Waals surface area contributed by atoms with Gasteiger partial charge in [-0.15, -0.1) is 0 Å². The lowest BCUT2D eigenvalue weighted by Gasteiger charge is -2.17. The molecule has 0 bridgehead atoms. The summed E-state index contributed by atoms with van der Waals surface area (Å²) in [4.78, 5) is 34.7. The molecule has 7 nitrogen and oxygen atoms in total. The van der Waals surface area contributed by atoms with Crippen molar-refractivity contribution in [2.45, 2.75) is 20.0 Å². The van der Waals surface area contributed by atoms with Crippen molar-refractivity contribution in [1.82, 2.24) is 19.4 Å². The number of fused-ring (bicyclic) bond motifs is 1. The Bertz CT molecular complexity index is 921. The maximum absolute atomic E-state index is 12.5. The van der Waals surface area contributed by atoms with Crippen LogP contribution in [0.2, 0.25) is 0 Å². The minimum atomic E-state index is -0.337. The van der Waals surface area contributed by atoms with Crippen molar-refractivity contribution in [3.8, 4) is 0 Å². The van der Waals surface area contributed by atoms with E-state index in [1.807, 2.05) is 24.3 Å². The minimum absolute atomic E-state index is 0.0509. The van der Waals surface area contributed by atoms with Crippen LogP contribution < -0.4 is 0 Å². The van der Waals surface area contributed by atoms with Gasteiger partial charge in [-0.3, -0.25) is 14.6 Å². The summed E-state index contributed by atoms with van der Waals surface area (Å²) in [6.45, 7) is 2.39. The van der Waals surface area contributed by atoms with Crippen LogP contribution in [0.4, 0.5) is 0 Å². The summed E-state index contributed by atoms with van der Waals surface area (Å²) in [5.74, 6) is 0.0713. The first-order valence-electron chi connectivity index (χ1n) is 8.36. The molecule has 1 aromatic carbocycles. The van der Waals surface area contributed by atoms with E-state index < -0.39 is 0 Å². The summed E-state index contributed by atoms with van der Waals surface area (Å²) in [6, 6.07) is 12.7. The van der Waals surface area contributed by atoms with Crippen molar-refractivity contribution >= 4 is 22.9 Å². The van der Waals surface area contributed by atoms with E-state index in [2.05, 4.69) is 9.97 Å². The summed E-state index contributed by atoms with van der Waals surface area (Å²) in [5, 5.41) is 0. The van der Waals surface area contributed by atoms with Crippen LogP contribution in [0.5, 0.6) is 0 Å². The van der Waals surface area contributed by atoms with Gasteiger partial charge in [-0.05, 0) is 31.2 Å². The number of hydrogen-bond donors (Lipinski definition) is 0. The molecule has 0 fully saturated rings. The number of aromatic nitrogens is 3. The Morgan fingerprint density at radius 2 is 1.92 bits per heavy atom. The number of carbonyl (C=O) groups is 2. The molecule has 0 spiro atoms. The molecule has 134 valence electrons. The van der Waals surface area contributed by atoms with Crippen molar-refractivity contribution in [3.63, 3.8) is 0 Å². The second-order valence-corrected chi connectivity index (χ2v) is 5.78. The van der Waals surface area contributed by atoms with Crippen LogP contribution in [0.15, 0.2) is 48.7 Å². The first-order chi connectivity index (χ1) is 12.6. The van der Waals surface area contributed by atoms with Gasteiger partial charge in [-0.25, -0.2) is 4.98 Å². The largest absolute Gasteiger partial charge is 0.465 e. The Morgan fingerprint density at radius 1 is 1.15 bits per heavy atom. The first kappa shape index (κ1) is 17.6. The lowest BCUT2D eigenvalue weighted by atomic mass is 10.3. The second kappa shape index (κ2) is 7.77. The van der Waals surface area contributed by atoms with Gasteiger partial charge in [0.25, 0.3) is 5.91 Å². The SMILES string of the molecule is CCOC(=O)Cn1c(CN(C)C(=O)c2ccccn2)nc2ccccc21. The summed E-state index contributed by atoms with van der Waals surface area (Å²) in [5.41, 5.74) is 1.96. The van der Waals surface area contributed by atoms with Gasteiger partial charge in [0, 0.05) is 13.2 Å². The van der Waals surface area contributed by atoms with Crippen LogP contribution in [-0.2, 0) is 22.6 Å². The summed E-state index contributed by atoms with van der Waals surface area (Å²) >= 11 is 0. The predicted octanol–water partition coefficient (Wildman–Crippen LogP) is 2.27. The van der Waals surface area contributed by atoms with E-state index in [-0.39, 0.29) is 25.0 Å². The van der Waals surface area contributed by atoms with Gasteiger partial charge in [0.1, 0.15) is 18.1 Å². The number of benzene rings is 1. The Balaban J connectivity index is 1.89. The number of ether oxygens (including phenoxy) is 1.